The number of halogens is 1. The minimum Gasteiger partial charge on any atom is -0.389 e. The Morgan fingerprint density at radius 2 is 2.24 bits per heavy atom. The molecule has 17 heavy (non-hydrogen) atoms. The van der Waals surface area contributed by atoms with E-state index in [1.165, 1.54) is 11.1 Å². The Bertz CT molecular complexity index is 470. The molecule has 0 aromatic heterocycles. The van der Waals surface area contributed by atoms with Gasteiger partial charge in [0.1, 0.15) is 0 Å². The molecule has 0 aliphatic heterocycles. The molecule has 2 rings (SSSR count). The zero-order valence-electron chi connectivity index (χ0n) is 10.1. The minimum absolute atomic E-state index is 0.551. The smallest absolute Gasteiger partial charge is 0.0700 e. The minimum atomic E-state index is -0.551. The summed E-state index contributed by atoms with van der Waals surface area (Å²) in [7, 11) is 0. The fourth-order valence-electron chi connectivity index (χ4n) is 2.44. The van der Waals surface area contributed by atoms with Crippen LogP contribution in [0, 0.1) is 11.8 Å². The van der Waals surface area contributed by atoms with Crippen LogP contribution in [0.2, 0.25) is 0 Å². The van der Waals surface area contributed by atoms with Gasteiger partial charge in [-0.3, -0.25) is 0 Å². The summed E-state index contributed by atoms with van der Waals surface area (Å²) in [6.45, 7) is 1.84. The molecule has 0 radical (unpaired) electrons. The van der Waals surface area contributed by atoms with Crippen molar-refractivity contribution in [2.45, 2.75) is 44.6 Å². The number of fused-ring (bicyclic) bond motifs is 1. The summed E-state index contributed by atoms with van der Waals surface area (Å²) in [6, 6.07) is 6.34. The first-order chi connectivity index (χ1) is 8.13. The molecule has 1 N–H and O–H groups in total. The van der Waals surface area contributed by atoms with Crippen LogP contribution in [0.15, 0.2) is 22.7 Å². The van der Waals surface area contributed by atoms with E-state index in [9.17, 15) is 5.11 Å². The molecule has 1 aromatic rings. The average Bonchev–Trinajstić information content (AvgIpc) is 2.30. The predicted molar refractivity (Wildman–Crippen MR) is 73.8 cm³/mol. The number of rotatable bonds is 2. The van der Waals surface area contributed by atoms with Gasteiger partial charge in [0.15, 0.2) is 0 Å². The Morgan fingerprint density at radius 3 is 3.00 bits per heavy atom. The molecule has 0 fully saturated rings. The third-order valence-electron chi connectivity index (χ3n) is 3.44. The molecule has 0 amide bonds. The number of aliphatic hydroxyl groups is 1. The van der Waals surface area contributed by atoms with Crippen molar-refractivity contribution in [3.05, 3.63) is 33.8 Å². The van der Waals surface area contributed by atoms with E-state index in [0.717, 1.165) is 36.6 Å². The third-order valence-corrected chi connectivity index (χ3v) is 3.93. The maximum absolute atomic E-state index is 10.5. The lowest BCUT2D eigenvalue weighted by atomic mass is 9.78. The van der Waals surface area contributed by atoms with Gasteiger partial charge in [-0.1, -0.05) is 22.0 Å². The average molecular weight is 293 g/mol. The number of benzene rings is 1. The van der Waals surface area contributed by atoms with Gasteiger partial charge in [0.05, 0.1) is 5.60 Å². The zero-order chi connectivity index (χ0) is 12.3. The molecule has 2 heteroatoms. The summed E-state index contributed by atoms with van der Waals surface area (Å²) in [5.41, 5.74) is 2.10. The summed E-state index contributed by atoms with van der Waals surface area (Å²) in [4.78, 5) is 0. The number of aryl methyl sites for hydroxylation is 1. The van der Waals surface area contributed by atoms with Gasteiger partial charge in [-0.15, -0.1) is 11.8 Å². The van der Waals surface area contributed by atoms with Crippen molar-refractivity contribution in [1.82, 2.24) is 0 Å². The monoisotopic (exact) mass is 292 g/mol. The van der Waals surface area contributed by atoms with Gasteiger partial charge in [0.2, 0.25) is 0 Å². The Labute approximate surface area is 111 Å². The van der Waals surface area contributed by atoms with Gasteiger partial charge in [-0.2, -0.15) is 0 Å². The lowest BCUT2D eigenvalue weighted by Gasteiger charge is -2.33. The van der Waals surface area contributed by atoms with Crippen LogP contribution in [-0.2, 0) is 12.8 Å². The van der Waals surface area contributed by atoms with Gasteiger partial charge in [0, 0.05) is 17.3 Å². The number of hydrogen-bond acceptors (Lipinski definition) is 1. The van der Waals surface area contributed by atoms with Crippen molar-refractivity contribution in [1.29, 1.82) is 0 Å². The van der Waals surface area contributed by atoms with Gasteiger partial charge in [-0.25, -0.2) is 0 Å². The van der Waals surface area contributed by atoms with Crippen molar-refractivity contribution in [3.63, 3.8) is 0 Å². The number of hydrogen-bond donors (Lipinski definition) is 1. The summed E-state index contributed by atoms with van der Waals surface area (Å²) in [5, 5.41) is 10.5. The van der Waals surface area contributed by atoms with E-state index >= 15 is 0 Å². The van der Waals surface area contributed by atoms with Crippen molar-refractivity contribution >= 4 is 15.9 Å². The Kier molecular flexibility index (Phi) is 3.91. The van der Waals surface area contributed by atoms with Gasteiger partial charge in [0.25, 0.3) is 0 Å². The molecule has 1 aliphatic carbocycles. The van der Waals surface area contributed by atoms with E-state index in [1.54, 1.807) is 0 Å². The van der Waals surface area contributed by atoms with Gasteiger partial charge >= 0.3 is 0 Å². The standard InChI is InChI=1S/C15H17BrO/c1-2-3-4-8-15(17)9-7-12-10-14(16)6-5-13(12)11-15/h5-6,10,17H,4,7-9,11H2,1H3. The van der Waals surface area contributed by atoms with Crippen LogP contribution in [-0.4, -0.2) is 10.7 Å². The van der Waals surface area contributed by atoms with E-state index in [0.29, 0.717) is 0 Å². The molecule has 1 nitrogen and oxygen atoms in total. The molecule has 1 aliphatic rings. The molecule has 0 spiro atoms. The summed E-state index contributed by atoms with van der Waals surface area (Å²) in [6.07, 6.45) is 4.15. The molecule has 90 valence electrons. The van der Waals surface area contributed by atoms with Crippen LogP contribution < -0.4 is 0 Å². The van der Waals surface area contributed by atoms with E-state index in [2.05, 4.69) is 46.0 Å². The fourth-order valence-corrected chi connectivity index (χ4v) is 2.85. The summed E-state index contributed by atoms with van der Waals surface area (Å²) < 4.78 is 1.12. The second kappa shape index (κ2) is 5.25. The molecule has 0 saturated carbocycles. The van der Waals surface area contributed by atoms with E-state index in [-0.39, 0.29) is 0 Å². The Morgan fingerprint density at radius 1 is 1.41 bits per heavy atom. The first-order valence-corrected chi connectivity index (χ1v) is 6.81. The molecule has 0 saturated heterocycles. The molecule has 0 heterocycles. The first-order valence-electron chi connectivity index (χ1n) is 6.02. The molecular formula is C15H17BrO. The van der Waals surface area contributed by atoms with Gasteiger partial charge < -0.3 is 5.11 Å². The normalized spacial score (nSPS) is 22.5. The lowest BCUT2D eigenvalue weighted by Crippen LogP contribution is -2.35. The zero-order valence-corrected chi connectivity index (χ0v) is 11.7. The predicted octanol–water partition coefficient (Wildman–Crippen LogP) is 3.47. The first kappa shape index (κ1) is 12.7. The van der Waals surface area contributed by atoms with Crippen LogP contribution in [0.25, 0.3) is 0 Å². The highest BCUT2D eigenvalue weighted by Gasteiger charge is 2.31. The highest BCUT2D eigenvalue weighted by atomic mass is 79.9. The Hall–Kier alpha value is -0.780. The van der Waals surface area contributed by atoms with Crippen LogP contribution >= 0.6 is 15.9 Å². The van der Waals surface area contributed by atoms with Crippen molar-refractivity contribution in [2.24, 2.45) is 0 Å². The van der Waals surface area contributed by atoms with Crippen molar-refractivity contribution < 1.29 is 5.11 Å². The second-order valence-electron chi connectivity index (χ2n) is 4.74. The van der Waals surface area contributed by atoms with E-state index in [4.69, 9.17) is 0 Å². The van der Waals surface area contributed by atoms with Crippen LogP contribution in [0.1, 0.15) is 37.3 Å². The van der Waals surface area contributed by atoms with Gasteiger partial charge in [-0.05, 0) is 49.4 Å². The summed E-state index contributed by atoms with van der Waals surface area (Å²) in [5.74, 6) is 5.92. The van der Waals surface area contributed by atoms with Crippen LogP contribution in [0.5, 0.6) is 0 Å². The lowest BCUT2D eigenvalue weighted by molar-refractivity contribution is 0.0193. The molecule has 0 bridgehead atoms. The molecule has 1 atom stereocenters. The largest absolute Gasteiger partial charge is 0.389 e. The SMILES string of the molecule is CC#CCCC1(O)CCc2cc(Br)ccc2C1. The van der Waals surface area contributed by atoms with E-state index in [1.807, 2.05) is 6.92 Å². The van der Waals surface area contributed by atoms with Crippen LogP contribution in [0.4, 0.5) is 0 Å². The molecule has 1 unspecified atom stereocenters. The van der Waals surface area contributed by atoms with Crippen LogP contribution in [0.3, 0.4) is 0 Å². The fraction of sp³-hybridized carbons (Fsp3) is 0.467. The maximum atomic E-state index is 10.5. The van der Waals surface area contributed by atoms with Crippen molar-refractivity contribution in [2.75, 3.05) is 0 Å². The maximum Gasteiger partial charge on any atom is 0.0700 e. The molecule has 1 aromatic carbocycles. The summed E-state index contributed by atoms with van der Waals surface area (Å²) >= 11 is 3.49. The quantitative estimate of drug-likeness (QED) is 0.828. The Balaban J connectivity index is 2.11. The highest BCUT2D eigenvalue weighted by molar-refractivity contribution is 9.10. The topological polar surface area (TPSA) is 20.2 Å². The second-order valence-corrected chi connectivity index (χ2v) is 5.66. The van der Waals surface area contributed by atoms with Crippen molar-refractivity contribution in [3.8, 4) is 11.8 Å². The van der Waals surface area contributed by atoms with E-state index < -0.39 is 5.60 Å². The molecular weight excluding hydrogens is 276 g/mol. The highest BCUT2D eigenvalue weighted by Crippen LogP contribution is 2.33. The third kappa shape index (κ3) is 3.12.